The topological polar surface area (TPSA) is 81.2 Å². The number of methoxy groups -OCH3 is 1. The molecule has 1 amide bonds. The first-order valence-corrected chi connectivity index (χ1v) is 8.57. The van der Waals surface area contributed by atoms with E-state index in [1.54, 1.807) is 24.3 Å². The molecule has 0 atom stereocenters. The Morgan fingerprint density at radius 3 is 2.79 bits per heavy atom. The molecule has 0 aliphatic carbocycles. The smallest absolute Gasteiger partial charge is 0.339 e. The fraction of sp³-hybridized carbons (Fsp3) is 0.250. The van der Waals surface area contributed by atoms with Crippen molar-refractivity contribution in [2.45, 2.75) is 18.5 Å². The van der Waals surface area contributed by atoms with Crippen molar-refractivity contribution in [1.82, 2.24) is 9.97 Å². The zero-order valence-corrected chi connectivity index (χ0v) is 14.8. The highest BCUT2D eigenvalue weighted by Gasteiger charge is 2.18. The lowest BCUT2D eigenvalue weighted by Gasteiger charge is -2.10. The molecule has 0 radical (unpaired) electrons. The van der Waals surface area contributed by atoms with Crippen LogP contribution in [0.4, 0.5) is 5.69 Å². The molecule has 0 bridgehead atoms. The largest absolute Gasteiger partial charge is 0.465 e. The normalized spacial score (nSPS) is 10.3. The van der Waals surface area contributed by atoms with Gasteiger partial charge in [-0.15, -0.1) is 0 Å². The molecule has 0 aliphatic rings. The van der Waals surface area contributed by atoms with E-state index in [1.807, 2.05) is 6.92 Å². The van der Waals surface area contributed by atoms with Crippen LogP contribution < -0.4 is 5.32 Å². The van der Waals surface area contributed by atoms with Gasteiger partial charge in [-0.2, -0.15) is 0 Å². The highest BCUT2D eigenvalue weighted by atomic mass is 35.5. The number of hydrogen-bond donors (Lipinski definition) is 1. The molecule has 2 aromatic rings. The number of amides is 1. The van der Waals surface area contributed by atoms with Crippen LogP contribution in [0, 0.1) is 0 Å². The molecule has 1 N–H and O–H groups in total. The van der Waals surface area contributed by atoms with Crippen molar-refractivity contribution < 1.29 is 14.3 Å². The Labute approximate surface area is 149 Å². The van der Waals surface area contributed by atoms with Gasteiger partial charge in [-0.1, -0.05) is 42.4 Å². The number of nitrogens with zero attached hydrogens (tertiary/aromatic N) is 2. The van der Waals surface area contributed by atoms with Gasteiger partial charge in [-0.3, -0.25) is 4.79 Å². The highest BCUT2D eigenvalue weighted by Crippen LogP contribution is 2.21. The van der Waals surface area contributed by atoms with Crippen molar-refractivity contribution in [2.75, 3.05) is 18.2 Å². The van der Waals surface area contributed by atoms with Crippen LogP contribution in [0.15, 0.2) is 35.6 Å². The van der Waals surface area contributed by atoms with Gasteiger partial charge >= 0.3 is 5.97 Å². The number of anilines is 1. The number of para-hydroxylation sites is 1. The van der Waals surface area contributed by atoms with Crippen molar-refractivity contribution in [3.05, 3.63) is 46.7 Å². The third kappa shape index (κ3) is 4.46. The van der Waals surface area contributed by atoms with Crippen molar-refractivity contribution in [1.29, 1.82) is 0 Å². The predicted octanol–water partition coefficient (Wildman–Crippen LogP) is 3.67. The molecule has 8 heteroatoms. The van der Waals surface area contributed by atoms with E-state index in [0.29, 0.717) is 10.8 Å². The number of hydrogen-bond acceptors (Lipinski definition) is 6. The van der Waals surface area contributed by atoms with Gasteiger partial charge in [-0.05, 0) is 18.6 Å². The van der Waals surface area contributed by atoms with E-state index in [4.69, 9.17) is 16.3 Å². The number of rotatable bonds is 6. The van der Waals surface area contributed by atoms with E-state index in [9.17, 15) is 9.59 Å². The Hall–Kier alpha value is -2.12. The Morgan fingerprint density at radius 2 is 2.08 bits per heavy atom. The van der Waals surface area contributed by atoms with Crippen LogP contribution in [0.5, 0.6) is 0 Å². The molecule has 6 nitrogen and oxygen atoms in total. The Balaban J connectivity index is 2.26. The average Bonchev–Trinajstić information content (AvgIpc) is 2.60. The summed E-state index contributed by atoms with van der Waals surface area (Å²) in [5.74, 6) is -0.218. The summed E-state index contributed by atoms with van der Waals surface area (Å²) in [7, 11) is 1.28. The van der Waals surface area contributed by atoms with E-state index in [2.05, 4.69) is 15.3 Å². The molecule has 0 fully saturated rings. The molecule has 0 aliphatic heterocycles. The number of nitrogens with one attached hydrogen (secondary N) is 1. The van der Waals surface area contributed by atoms with Gasteiger partial charge in [0.25, 0.3) is 5.91 Å². The molecule has 0 saturated carbocycles. The Morgan fingerprint density at radius 1 is 1.33 bits per heavy atom. The van der Waals surface area contributed by atoms with Gasteiger partial charge in [0.1, 0.15) is 0 Å². The molecule has 0 saturated heterocycles. The minimum absolute atomic E-state index is 0.0601. The quantitative estimate of drug-likeness (QED) is 0.478. The number of ether oxygens (including phenoxy) is 1. The first-order chi connectivity index (χ1) is 11.6. The molecule has 1 heterocycles. The SMILES string of the molecule is CCCSc1ncc(Cl)c(C(=O)Nc2ccccc2C(=O)OC)n1. The van der Waals surface area contributed by atoms with Crippen molar-refractivity contribution in [3.63, 3.8) is 0 Å². The monoisotopic (exact) mass is 365 g/mol. The second kappa shape index (κ2) is 8.65. The summed E-state index contributed by atoms with van der Waals surface area (Å²) >= 11 is 7.48. The van der Waals surface area contributed by atoms with Crippen LogP contribution in [-0.2, 0) is 4.74 Å². The lowest BCUT2D eigenvalue weighted by Crippen LogP contribution is -2.17. The van der Waals surface area contributed by atoms with Crippen molar-refractivity contribution in [2.24, 2.45) is 0 Å². The predicted molar refractivity (Wildman–Crippen MR) is 93.8 cm³/mol. The van der Waals surface area contributed by atoms with Crippen molar-refractivity contribution >= 4 is 40.9 Å². The minimum atomic E-state index is -0.543. The first-order valence-electron chi connectivity index (χ1n) is 7.20. The second-order valence-corrected chi connectivity index (χ2v) is 6.16. The molecular formula is C16H16ClN3O3S. The van der Waals surface area contributed by atoms with Crippen LogP contribution in [0.3, 0.4) is 0 Å². The van der Waals surface area contributed by atoms with Crippen molar-refractivity contribution in [3.8, 4) is 0 Å². The molecule has 126 valence electrons. The van der Waals surface area contributed by atoms with Crippen LogP contribution >= 0.6 is 23.4 Å². The van der Waals surface area contributed by atoms with Gasteiger partial charge in [0.2, 0.25) is 0 Å². The molecule has 2 rings (SSSR count). The number of esters is 1. The minimum Gasteiger partial charge on any atom is -0.465 e. The molecule has 1 aromatic carbocycles. The number of aromatic nitrogens is 2. The Bertz CT molecular complexity index is 755. The molecule has 0 spiro atoms. The summed E-state index contributed by atoms with van der Waals surface area (Å²) in [6.45, 7) is 2.04. The summed E-state index contributed by atoms with van der Waals surface area (Å²) < 4.78 is 4.71. The van der Waals surface area contributed by atoms with E-state index in [1.165, 1.54) is 25.1 Å². The van der Waals surface area contributed by atoms with E-state index in [-0.39, 0.29) is 16.3 Å². The lowest BCUT2D eigenvalue weighted by atomic mass is 10.1. The standard InChI is InChI=1S/C16H16ClN3O3S/c1-3-8-24-16-18-9-11(17)13(20-16)14(21)19-12-7-5-4-6-10(12)15(22)23-2/h4-7,9H,3,8H2,1-2H3,(H,19,21). The summed E-state index contributed by atoms with van der Waals surface area (Å²) in [5.41, 5.74) is 0.635. The summed E-state index contributed by atoms with van der Waals surface area (Å²) in [4.78, 5) is 32.5. The maximum Gasteiger partial charge on any atom is 0.339 e. The fourth-order valence-corrected chi connectivity index (χ4v) is 2.68. The zero-order chi connectivity index (χ0) is 17.5. The van der Waals surface area contributed by atoms with E-state index in [0.717, 1.165) is 12.2 Å². The third-order valence-electron chi connectivity index (χ3n) is 2.95. The van der Waals surface area contributed by atoms with Crippen LogP contribution in [-0.4, -0.2) is 34.7 Å². The van der Waals surface area contributed by atoms with E-state index < -0.39 is 11.9 Å². The third-order valence-corrected chi connectivity index (χ3v) is 4.30. The maximum absolute atomic E-state index is 12.5. The van der Waals surface area contributed by atoms with Crippen LogP contribution in [0.1, 0.15) is 34.2 Å². The molecule has 0 unspecified atom stereocenters. The Kier molecular flexibility index (Phi) is 6.57. The number of halogens is 1. The van der Waals surface area contributed by atoms with Gasteiger partial charge in [0.15, 0.2) is 10.9 Å². The lowest BCUT2D eigenvalue weighted by molar-refractivity contribution is 0.0602. The number of carbonyl (C=O) groups is 2. The summed E-state index contributed by atoms with van der Waals surface area (Å²) in [6, 6.07) is 6.54. The summed E-state index contributed by atoms with van der Waals surface area (Å²) in [6.07, 6.45) is 2.36. The summed E-state index contributed by atoms with van der Waals surface area (Å²) in [5, 5.41) is 3.26. The second-order valence-electron chi connectivity index (χ2n) is 4.69. The number of thioether (sulfide) groups is 1. The zero-order valence-electron chi connectivity index (χ0n) is 13.2. The van der Waals surface area contributed by atoms with Gasteiger partial charge in [-0.25, -0.2) is 14.8 Å². The average molecular weight is 366 g/mol. The van der Waals surface area contributed by atoms with Crippen LogP contribution in [0.25, 0.3) is 0 Å². The molecule has 1 aromatic heterocycles. The number of benzene rings is 1. The highest BCUT2D eigenvalue weighted by molar-refractivity contribution is 7.99. The fourth-order valence-electron chi connectivity index (χ4n) is 1.83. The van der Waals surface area contributed by atoms with Gasteiger partial charge < -0.3 is 10.1 Å². The molecular weight excluding hydrogens is 350 g/mol. The maximum atomic E-state index is 12.5. The van der Waals surface area contributed by atoms with Gasteiger partial charge in [0, 0.05) is 5.75 Å². The first kappa shape index (κ1) is 18.2. The van der Waals surface area contributed by atoms with Gasteiger partial charge in [0.05, 0.1) is 29.6 Å². The molecule has 24 heavy (non-hydrogen) atoms. The van der Waals surface area contributed by atoms with Crippen LogP contribution in [0.2, 0.25) is 5.02 Å². The number of carbonyl (C=O) groups excluding carboxylic acids is 2. The van der Waals surface area contributed by atoms with E-state index >= 15 is 0 Å².